The molecule has 1 aliphatic heterocycles. The first-order chi connectivity index (χ1) is 8.66. The summed E-state index contributed by atoms with van der Waals surface area (Å²) in [5, 5.41) is 14.7. The zero-order valence-electron chi connectivity index (χ0n) is 10.7. The second-order valence-electron chi connectivity index (χ2n) is 5.38. The number of rotatable bonds is 4. The summed E-state index contributed by atoms with van der Waals surface area (Å²) in [5.74, 6) is -0.179. The number of fused-ring (bicyclic) bond motifs is 1. The van der Waals surface area contributed by atoms with Crippen molar-refractivity contribution in [3.05, 3.63) is 0 Å². The zero-order valence-corrected chi connectivity index (χ0v) is 10.7. The average molecular weight is 254 g/mol. The van der Waals surface area contributed by atoms with Gasteiger partial charge >= 0.3 is 5.97 Å². The minimum atomic E-state index is -0.876. The predicted molar refractivity (Wildman–Crippen MR) is 67.2 cm³/mol. The molecule has 5 heteroatoms. The van der Waals surface area contributed by atoms with Crippen molar-refractivity contribution in [2.24, 2.45) is 5.92 Å². The van der Waals surface area contributed by atoms with Crippen molar-refractivity contribution in [1.82, 2.24) is 10.6 Å². The Morgan fingerprint density at radius 3 is 2.72 bits per heavy atom. The van der Waals surface area contributed by atoms with Crippen LogP contribution in [0.3, 0.4) is 0 Å². The van der Waals surface area contributed by atoms with Crippen LogP contribution in [-0.4, -0.2) is 35.6 Å². The Labute approximate surface area is 107 Å². The molecular formula is C13H22N2O3. The molecule has 0 spiro atoms. The van der Waals surface area contributed by atoms with Gasteiger partial charge in [-0.25, -0.2) is 0 Å². The monoisotopic (exact) mass is 254 g/mol. The lowest BCUT2D eigenvalue weighted by Crippen LogP contribution is -2.55. The SMILES string of the molecule is O=C(O)CCNC(=O)C1CCC2CCCCC2N1. The summed E-state index contributed by atoms with van der Waals surface area (Å²) in [4.78, 5) is 22.3. The van der Waals surface area contributed by atoms with E-state index in [2.05, 4.69) is 10.6 Å². The molecule has 1 heterocycles. The minimum Gasteiger partial charge on any atom is -0.481 e. The van der Waals surface area contributed by atoms with Crippen LogP contribution >= 0.6 is 0 Å². The maximum atomic E-state index is 11.9. The second-order valence-corrected chi connectivity index (χ2v) is 5.38. The predicted octanol–water partition coefficient (Wildman–Crippen LogP) is 0.888. The van der Waals surface area contributed by atoms with Gasteiger partial charge in [0.15, 0.2) is 0 Å². The Morgan fingerprint density at radius 1 is 1.17 bits per heavy atom. The molecule has 2 aliphatic rings. The first-order valence-corrected chi connectivity index (χ1v) is 6.92. The molecular weight excluding hydrogens is 232 g/mol. The van der Waals surface area contributed by atoms with E-state index in [1.165, 1.54) is 25.7 Å². The van der Waals surface area contributed by atoms with Crippen LogP contribution in [0, 0.1) is 5.92 Å². The van der Waals surface area contributed by atoms with E-state index in [4.69, 9.17) is 5.11 Å². The van der Waals surface area contributed by atoms with Crippen molar-refractivity contribution in [3.63, 3.8) is 0 Å². The molecule has 0 aromatic carbocycles. The Hall–Kier alpha value is -1.10. The minimum absolute atomic E-state index is 0.00941. The molecule has 2 fully saturated rings. The summed E-state index contributed by atoms with van der Waals surface area (Å²) in [6.07, 6.45) is 7.01. The summed E-state index contributed by atoms with van der Waals surface area (Å²) in [6, 6.07) is 0.362. The molecule has 102 valence electrons. The second kappa shape index (κ2) is 6.18. The molecule has 0 bridgehead atoms. The highest BCUT2D eigenvalue weighted by Gasteiger charge is 2.34. The quantitative estimate of drug-likeness (QED) is 0.696. The molecule has 1 saturated heterocycles. The van der Waals surface area contributed by atoms with Gasteiger partial charge < -0.3 is 15.7 Å². The molecule has 2 rings (SSSR count). The number of carbonyl (C=O) groups excluding carboxylic acids is 1. The van der Waals surface area contributed by atoms with Crippen molar-refractivity contribution in [1.29, 1.82) is 0 Å². The molecule has 1 aliphatic carbocycles. The van der Waals surface area contributed by atoms with Crippen molar-refractivity contribution in [3.8, 4) is 0 Å². The van der Waals surface area contributed by atoms with Gasteiger partial charge in [-0.1, -0.05) is 12.8 Å². The number of carboxylic acids is 1. The van der Waals surface area contributed by atoms with Gasteiger partial charge in [-0.3, -0.25) is 9.59 Å². The molecule has 3 unspecified atom stereocenters. The first kappa shape index (κ1) is 13.3. The van der Waals surface area contributed by atoms with Crippen LogP contribution in [0.15, 0.2) is 0 Å². The van der Waals surface area contributed by atoms with E-state index in [0.717, 1.165) is 18.8 Å². The number of carboxylic acid groups (broad SMARTS) is 1. The molecule has 0 radical (unpaired) electrons. The van der Waals surface area contributed by atoms with E-state index in [-0.39, 0.29) is 24.9 Å². The number of aliphatic carboxylic acids is 1. The van der Waals surface area contributed by atoms with E-state index in [0.29, 0.717) is 6.04 Å². The number of piperidine rings is 1. The average Bonchev–Trinajstić information content (AvgIpc) is 2.37. The largest absolute Gasteiger partial charge is 0.481 e. The van der Waals surface area contributed by atoms with Gasteiger partial charge in [0.05, 0.1) is 12.5 Å². The smallest absolute Gasteiger partial charge is 0.305 e. The number of hydrogen-bond donors (Lipinski definition) is 3. The molecule has 0 aromatic heterocycles. The van der Waals surface area contributed by atoms with Crippen LogP contribution < -0.4 is 10.6 Å². The van der Waals surface area contributed by atoms with Crippen LogP contribution in [0.25, 0.3) is 0 Å². The summed E-state index contributed by atoms with van der Waals surface area (Å²) in [6.45, 7) is 0.223. The Kier molecular flexibility index (Phi) is 4.58. The van der Waals surface area contributed by atoms with Gasteiger partial charge in [-0.2, -0.15) is 0 Å². The van der Waals surface area contributed by atoms with Crippen molar-refractivity contribution in [2.45, 2.75) is 57.0 Å². The summed E-state index contributed by atoms with van der Waals surface area (Å²) >= 11 is 0. The third kappa shape index (κ3) is 3.45. The zero-order chi connectivity index (χ0) is 13.0. The van der Waals surface area contributed by atoms with Gasteiger partial charge in [-0.05, 0) is 31.6 Å². The van der Waals surface area contributed by atoms with Gasteiger partial charge in [0, 0.05) is 12.6 Å². The fourth-order valence-corrected chi connectivity index (χ4v) is 3.12. The van der Waals surface area contributed by atoms with Crippen LogP contribution in [0.2, 0.25) is 0 Å². The Balaban J connectivity index is 1.75. The number of nitrogens with one attached hydrogen (secondary N) is 2. The van der Waals surface area contributed by atoms with E-state index in [1.54, 1.807) is 0 Å². The number of hydrogen-bond acceptors (Lipinski definition) is 3. The third-order valence-electron chi connectivity index (χ3n) is 4.11. The molecule has 3 atom stereocenters. The normalized spacial score (nSPS) is 31.4. The van der Waals surface area contributed by atoms with Crippen LogP contribution in [0.1, 0.15) is 44.9 Å². The number of amides is 1. The van der Waals surface area contributed by atoms with Gasteiger partial charge in [0.1, 0.15) is 0 Å². The van der Waals surface area contributed by atoms with Crippen LogP contribution in [0.4, 0.5) is 0 Å². The first-order valence-electron chi connectivity index (χ1n) is 6.92. The van der Waals surface area contributed by atoms with Crippen molar-refractivity contribution >= 4 is 11.9 Å². The van der Waals surface area contributed by atoms with E-state index < -0.39 is 5.97 Å². The number of carbonyl (C=O) groups is 2. The summed E-state index contributed by atoms with van der Waals surface area (Å²) in [7, 11) is 0. The molecule has 5 nitrogen and oxygen atoms in total. The maximum absolute atomic E-state index is 11.9. The lowest BCUT2D eigenvalue weighted by atomic mass is 9.77. The molecule has 1 saturated carbocycles. The van der Waals surface area contributed by atoms with E-state index in [1.807, 2.05) is 0 Å². The van der Waals surface area contributed by atoms with Gasteiger partial charge in [0.2, 0.25) is 5.91 Å². The maximum Gasteiger partial charge on any atom is 0.305 e. The summed E-state index contributed by atoms with van der Waals surface area (Å²) in [5.41, 5.74) is 0. The van der Waals surface area contributed by atoms with E-state index >= 15 is 0 Å². The Morgan fingerprint density at radius 2 is 1.94 bits per heavy atom. The molecule has 0 aromatic rings. The van der Waals surface area contributed by atoms with Crippen LogP contribution in [-0.2, 0) is 9.59 Å². The standard InChI is InChI=1S/C13H22N2O3/c16-12(17)7-8-14-13(18)11-6-5-9-3-1-2-4-10(9)15-11/h9-11,15H,1-8H2,(H,14,18)(H,16,17). The molecule has 1 amide bonds. The van der Waals surface area contributed by atoms with Crippen LogP contribution in [0.5, 0.6) is 0 Å². The fourth-order valence-electron chi connectivity index (χ4n) is 3.12. The lowest BCUT2D eigenvalue weighted by molar-refractivity contribution is -0.137. The highest BCUT2D eigenvalue weighted by Crippen LogP contribution is 2.32. The van der Waals surface area contributed by atoms with E-state index in [9.17, 15) is 9.59 Å². The fraction of sp³-hybridized carbons (Fsp3) is 0.846. The Bertz CT molecular complexity index is 319. The highest BCUT2D eigenvalue weighted by molar-refractivity contribution is 5.82. The van der Waals surface area contributed by atoms with Gasteiger partial charge in [0.25, 0.3) is 0 Å². The van der Waals surface area contributed by atoms with Crippen molar-refractivity contribution in [2.75, 3.05) is 6.54 Å². The lowest BCUT2D eigenvalue weighted by Gasteiger charge is -2.39. The van der Waals surface area contributed by atoms with Crippen molar-refractivity contribution < 1.29 is 14.7 Å². The highest BCUT2D eigenvalue weighted by atomic mass is 16.4. The topological polar surface area (TPSA) is 78.4 Å². The molecule has 18 heavy (non-hydrogen) atoms. The third-order valence-corrected chi connectivity index (χ3v) is 4.11. The van der Waals surface area contributed by atoms with Gasteiger partial charge in [-0.15, -0.1) is 0 Å². The summed E-state index contributed by atoms with van der Waals surface area (Å²) < 4.78 is 0. The molecule has 3 N–H and O–H groups in total.